The number of benzene rings is 1. The Kier molecular flexibility index (Phi) is 4.93. The van der Waals surface area contributed by atoms with Gasteiger partial charge in [-0.1, -0.05) is 11.6 Å². The largest absolute Gasteiger partial charge is 0.383 e. The fourth-order valence-electron chi connectivity index (χ4n) is 2.00. The number of hydrogen-bond donors (Lipinski definition) is 1. The molecule has 0 saturated heterocycles. The van der Waals surface area contributed by atoms with Crippen LogP contribution < -0.4 is 10.7 Å². The SMILES string of the molecule is CCn1nc(C(=O)NCCOC)c(=O)c2cc(Cl)ccc21. The van der Waals surface area contributed by atoms with E-state index in [4.69, 9.17) is 16.3 Å². The van der Waals surface area contributed by atoms with Crippen molar-refractivity contribution >= 4 is 28.4 Å². The molecule has 1 heterocycles. The number of aromatic nitrogens is 2. The maximum Gasteiger partial charge on any atom is 0.275 e. The van der Waals surface area contributed by atoms with Gasteiger partial charge >= 0.3 is 0 Å². The standard InChI is InChI=1S/C14H16ClN3O3/c1-3-18-11-5-4-9(15)8-10(11)13(19)12(17-18)14(20)16-6-7-21-2/h4-5,8H,3,6-7H2,1-2H3,(H,16,20). The Hall–Kier alpha value is -1.92. The number of nitrogens with one attached hydrogen (secondary N) is 1. The van der Waals surface area contributed by atoms with Crippen LogP contribution in [0.25, 0.3) is 10.9 Å². The zero-order valence-electron chi connectivity index (χ0n) is 11.9. The molecule has 0 aliphatic carbocycles. The smallest absolute Gasteiger partial charge is 0.275 e. The van der Waals surface area contributed by atoms with Crippen molar-refractivity contribution in [1.82, 2.24) is 15.1 Å². The molecule has 1 aromatic carbocycles. The fraction of sp³-hybridized carbons (Fsp3) is 0.357. The summed E-state index contributed by atoms with van der Waals surface area (Å²) < 4.78 is 6.46. The molecule has 2 aromatic rings. The van der Waals surface area contributed by atoms with Crippen LogP contribution in [0.1, 0.15) is 17.4 Å². The first kappa shape index (κ1) is 15.5. The molecular weight excluding hydrogens is 294 g/mol. The number of nitrogens with zero attached hydrogens (tertiary/aromatic N) is 2. The minimum absolute atomic E-state index is 0.136. The molecular formula is C14H16ClN3O3. The Bertz CT molecular complexity index is 727. The van der Waals surface area contributed by atoms with E-state index in [1.807, 2.05) is 6.92 Å². The lowest BCUT2D eigenvalue weighted by molar-refractivity contribution is 0.0929. The summed E-state index contributed by atoms with van der Waals surface area (Å²) in [4.78, 5) is 24.5. The normalized spacial score (nSPS) is 10.8. The van der Waals surface area contributed by atoms with Gasteiger partial charge in [-0.05, 0) is 25.1 Å². The van der Waals surface area contributed by atoms with Crippen molar-refractivity contribution in [3.05, 3.63) is 39.1 Å². The Labute approximate surface area is 126 Å². The number of ether oxygens (including phenoxy) is 1. The van der Waals surface area contributed by atoms with Crippen molar-refractivity contribution in [3.63, 3.8) is 0 Å². The van der Waals surface area contributed by atoms with Crippen LogP contribution in [-0.4, -0.2) is 35.9 Å². The van der Waals surface area contributed by atoms with Crippen LogP contribution in [0.4, 0.5) is 0 Å². The Morgan fingerprint density at radius 1 is 1.48 bits per heavy atom. The third-order valence-corrected chi connectivity index (χ3v) is 3.26. The molecule has 0 atom stereocenters. The number of aryl methyl sites for hydroxylation is 1. The molecule has 0 saturated carbocycles. The maximum absolute atomic E-state index is 12.4. The van der Waals surface area contributed by atoms with E-state index in [0.29, 0.717) is 35.6 Å². The number of rotatable bonds is 5. The second-order valence-electron chi connectivity index (χ2n) is 4.40. The first-order valence-electron chi connectivity index (χ1n) is 6.56. The lowest BCUT2D eigenvalue weighted by Crippen LogP contribution is -2.33. The monoisotopic (exact) mass is 309 g/mol. The highest BCUT2D eigenvalue weighted by Crippen LogP contribution is 2.16. The van der Waals surface area contributed by atoms with E-state index < -0.39 is 11.3 Å². The summed E-state index contributed by atoms with van der Waals surface area (Å²) in [5.41, 5.74) is 0.0928. The van der Waals surface area contributed by atoms with Crippen molar-refractivity contribution in [2.75, 3.05) is 20.3 Å². The van der Waals surface area contributed by atoms with E-state index in [2.05, 4.69) is 10.4 Å². The molecule has 0 aliphatic heterocycles. The van der Waals surface area contributed by atoms with Gasteiger partial charge in [0.2, 0.25) is 5.43 Å². The van der Waals surface area contributed by atoms with E-state index in [0.717, 1.165) is 0 Å². The topological polar surface area (TPSA) is 73.2 Å². The highest BCUT2D eigenvalue weighted by Gasteiger charge is 2.16. The van der Waals surface area contributed by atoms with Crippen LogP contribution in [0.2, 0.25) is 5.02 Å². The van der Waals surface area contributed by atoms with Gasteiger partial charge in [0.05, 0.1) is 17.5 Å². The van der Waals surface area contributed by atoms with Crippen LogP contribution in [0, 0.1) is 0 Å². The molecule has 0 unspecified atom stereocenters. The molecule has 1 aromatic heterocycles. The van der Waals surface area contributed by atoms with Gasteiger partial charge in [-0.2, -0.15) is 5.10 Å². The number of halogens is 1. The van der Waals surface area contributed by atoms with Gasteiger partial charge in [-0.3, -0.25) is 14.3 Å². The molecule has 112 valence electrons. The quantitative estimate of drug-likeness (QED) is 0.848. The van der Waals surface area contributed by atoms with E-state index in [9.17, 15) is 9.59 Å². The van der Waals surface area contributed by atoms with Gasteiger partial charge in [-0.15, -0.1) is 0 Å². The number of hydrogen-bond acceptors (Lipinski definition) is 4. The summed E-state index contributed by atoms with van der Waals surface area (Å²) in [6.07, 6.45) is 0. The van der Waals surface area contributed by atoms with Crippen LogP contribution in [0.5, 0.6) is 0 Å². The van der Waals surface area contributed by atoms with E-state index in [-0.39, 0.29) is 5.69 Å². The Morgan fingerprint density at radius 3 is 2.90 bits per heavy atom. The minimum atomic E-state index is -0.513. The fourth-order valence-corrected chi connectivity index (χ4v) is 2.17. The van der Waals surface area contributed by atoms with Gasteiger partial charge < -0.3 is 10.1 Å². The van der Waals surface area contributed by atoms with Gasteiger partial charge in [-0.25, -0.2) is 0 Å². The third kappa shape index (κ3) is 3.22. The maximum atomic E-state index is 12.4. The summed E-state index contributed by atoms with van der Waals surface area (Å²) in [6, 6.07) is 4.97. The predicted molar refractivity (Wildman–Crippen MR) is 80.9 cm³/mol. The van der Waals surface area contributed by atoms with Crippen LogP contribution in [0.3, 0.4) is 0 Å². The Morgan fingerprint density at radius 2 is 2.24 bits per heavy atom. The molecule has 21 heavy (non-hydrogen) atoms. The number of methoxy groups -OCH3 is 1. The molecule has 7 heteroatoms. The van der Waals surface area contributed by atoms with Crippen LogP contribution in [-0.2, 0) is 11.3 Å². The molecule has 2 rings (SSSR count). The van der Waals surface area contributed by atoms with Crippen LogP contribution >= 0.6 is 11.6 Å². The summed E-state index contributed by atoms with van der Waals surface area (Å²) in [6.45, 7) is 3.11. The number of amides is 1. The van der Waals surface area contributed by atoms with Gasteiger partial charge in [0.1, 0.15) is 0 Å². The van der Waals surface area contributed by atoms with Gasteiger partial charge in [0.15, 0.2) is 5.69 Å². The van der Waals surface area contributed by atoms with Crippen LogP contribution in [0.15, 0.2) is 23.0 Å². The number of carbonyl (C=O) groups excluding carboxylic acids is 1. The first-order valence-corrected chi connectivity index (χ1v) is 6.93. The van der Waals surface area contributed by atoms with E-state index in [1.54, 1.807) is 22.9 Å². The zero-order chi connectivity index (χ0) is 15.4. The van der Waals surface area contributed by atoms with Crippen molar-refractivity contribution in [2.45, 2.75) is 13.5 Å². The van der Waals surface area contributed by atoms with Gasteiger partial charge in [0.25, 0.3) is 5.91 Å². The summed E-state index contributed by atoms with van der Waals surface area (Å²) in [5, 5.41) is 7.56. The second-order valence-corrected chi connectivity index (χ2v) is 4.84. The summed E-state index contributed by atoms with van der Waals surface area (Å²) in [5.74, 6) is -0.513. The van der Waals surface area contributed by atoms with Crippen molar-refractivity contribution < 1.29 is 9.53 Å². The van der Waals surface area contributed by atoms with Crippen molar-refractivity contribution in [2.24, 2.45) is 0 Å². The molecule has 1 amide bonds. The molecule has 6 nitrogen and oxygen atoms in total. The Balaban J connectivity index is 2.52. The summed E-state index contributed by atoms with van der Waals surface area (Å²) >= 11 is 5.93. The van der Waals surface area contributed by atoms with E-state index in [1.165, 1.54) is 7.11 Å². The van der Waals surface area contributed by atoms with Crippen molar-refractivity contribution in [1.29, 1.82) is 0 Å². The highest BCUT2D eigenvalue weighted by molar-refractivity contribution is 6.31. The third-order valence-electron chi connectivity index (χ3n) is 3.02. The molecule has 0 spiro atoms. The highest BCUT2D eigenvalue weighted by atomic mass is 35.5. The number of fused-ring (bicyclic) bond motifs is 1. The predicted octanol–water partition coefficient (Wildman–Crippen LogP) is 1.45. The first-order chi connectivity index (χ1) is 10.1. The molecule has 0 bridgehead atoms. The van der Waals surface area contributed by atoms with Gasteiger partial charge in [0, 0.05) is 25.2 Å². The van der Waals surface area contributed by atoms with E-state index >= 15 is 0 Å². The molecule has 0 radical (unpaired) electrons. The lowest BCUT2D eigenvalue weighted by atomic mass is 10.2. The zero-order valence-corrected chi connectivity index (χ0v) is 12.6. The number of carbonyl (C=O) groups is 1. The summed E-state index contributed by atoms with van der Waals surface area (Å²) in [7, 11) is 1.53. The average molecular weight is 310 g/mol. The average Bonchev–Trinajstić information content (AvgIpc) is 2.48. The second kappa shape index (κ2) is 6.69. The minimum Gasteiger partial charge on any atom is -0.383 e. The molecule has 0 fully saturated rings. The lowest BCUT2D eigenvalue weighted by Gasteiger charge is -2.10. The molecule has 1 N–H and O–H groups in total. The van der Waals surface area contributed by atoms with Crippen molar-refractivity contribution in [3.8, 4) is 0 Å². The molecule has 0 aliphatic rings.